The molecule has 5 heteroatoms. The third kappa shape index (κ3) is 5.53. The summed E-state index contributed by atoms with van der Waals surface area (Å²) >= 11 is 8.81. The molecule has 3 nitrogen and oxygen atoms in total. The molecule has 0 atom stereocenters. The molecule has 0 saturated carbocycles. The van der Waals surface area contributed by atoms with Gasteiger partial charge in [0.05, 0.1) is 0 Å². The standard InChI is InChI=1S/C16H21N3S2/c20-15-7-3-1-5-13(15)18-11-9-17-10-12-19-14-6-2-4-8-16(14)21/h1-8,17-21H,9-12H2. The van der Waals surface area contributed by atoms with Crippen molar-refractivity contribution in [3.05, 3.63) is 48.5 Å². The predicted molar refractivity (Wildman–Crippen MR) is 97.2 cm³/mol. The van der Waals surface area contributed by atoms with Crippen molar-refractivity contribution in [2.45, 2.75) is 9.79 Å². The van der Waals surface area contributed by atoms with Crippen LogP contribution in [0.5, 0.6) is 0 Å². The normalized spacial score (nSPS) is 10.4. The number of rotatable bonds is 8. The summed E-state index contributed by atoms with van der Waals surface area (Å²) in [6.07, 6.45) is 0. The van der Waals surface area contributed by atoms with Gasteiger partial charge in [0.2, 0.25) is 0 Å². The molecule has 0 radical (unpaired) electrons. The molecule has 0 amide bonds. The second kappa shape index (κ2) is 8.87. The summed E-state index contributed by atoms with van der Waals surface area (Å²) in [6.45, 7) is 3.57. The maximum Gasteiger partial charge on any atom is 0.0476 e. The van der Waals surface area contributed by atoms with Gasteiger partial charge >= 0.3 is 0 Å². The first-order valence-electron chi connectivity index (χ1n) is 7.02. The van der Waals surface area contributed by atoms with E-state index in [-0.39, 0.29) is 0 Å². The highest BCUT2D eigenvalue weighted by atomic mass is 32.1. The Morgan fingerprint density at radius 3 is 1.48 bits per heavy atom. The lowest BCUT2D eigenvalue weighted by molar-refractivity contribution is 0.718. The second-order valence-corrected chi connectivity index (χ2v) is 5.60. The summed E-state index contributed by atoms with van der Waals surface area (Å²) in [5, 5.41) is 10.1. The van der Waals surface area contributed by atoms with Gasteiger partial charge in [-0.15, -0.1) is 25.3 Å². The third-order valence-corrected chi connectivity index (χ3v) is 3.82. The third-order valence-electron chi connectivity index (χ3n) is 3.04. The van der Waals surface area contributed by atoms with Gasteiger partial charge < -0.3 is 16.0 Å². The quantitative estimate of drug-likeness (QED) is 0.382. The summed E-state index contributed by atoms with van der Waals surface area (Å²) < 4.78 is 0. The highest BCUT2D eigenvalue weighted by Gasteiger charge is 1.97. The lowest BCUT2D eigenvalue weighted by Crippen LogP contribution is -2.27. The Kier molecular flexibility index (Phi) is 6.79. The van der Waals surface area contributed by atoms with E-state index in [2.05, 4.69) is 41.2 Å². The zero-order chi connectivity index (χ0) is 14.9. The van der Waals surface area contributed by atoms with Crippen LogP contribution in [0.25, 0.3) is 0 Å². The van der Waals surface area contributed by atoms with E-state index in [1.807, 2.05) is 48.5 Å². The van der Waals surface area contributed by atoms with E-state index in [1.165, 1.54) is 0 Å². The van der Waals surface area contributed by atoms with E-state index >= 15 is 0 Å². The first kappa shape index (κ1) is 16.1. The molecule has 2 aromatic carbocycles. The van der Waals surface area contributed by atoms with Crippen molar-refractivity contribution in [2.75, 3.05) is 36.8 Å². The molecule has 0 bridgehead atoms. The average molecular weight is 319 g/mol. The minimum Gasteiger partial charge on any atom is -0.383 e. The SMILES string of the molecule is Sc1ccccc1NCCNCCNc1ccccc1S. The average Bonchev–Trinajstić information content (AvgIpc) is 2.50. The summed E-state index contributed by atoms with van der Waals surface area (Å²) in [6, 6.07) is 16.0. The molecule has 0 saturated heterocycles. The molecule has 0 aliphatic carbocycles. The van der Waals surface area contributed by atoms with Crippen molar-refractivity contribution < 1.29 is 0 Å². The van der Waals surface area contributed by atoms with Crippen LogP contribution in [-0.2, 0) is 0 Å². The van der Waals surface area contributed by atoms with E-state index < -0.39 is 0 Å². The second-order valence-electron chi connectivity index (χ2n) is 4.64. The van der Waals surface area contributed by atoms with E-state index in [0.29, 0.717) is 0 Å². The van der Waals surface area contributed by atoms with Crippen LogP contribution in [0.1, 0.15) is 0 Å². The van der Waals surface area contributed by atoms with Gasteiger partial charge in [0, 0.05) is 47.3 Å². The van der Waals surface area contributed by atoms with E-state index in [1.54, 1.807) is 0 Å². The van der Waals surface area contributed by atoms with Crippen LogP contribution in [0.4, 0.5) is 11.4 Å². The molecule has 21 heavy (non-hydrogen) atoms. The molecule has 0 heterocycles. The fourth-order valence-electron chi connectivity index (χ4n) is 1.94. The van der Waals surface area contributed by atoms with Crippen molar-refractivity contribution in [3.8, 4) is 0 Å². The van der Waals surface area contributed by atoms with E-state index in [4.69, 9.17) is 0 Å². The van der Waals surface area contributed by atoms with Gasteiger partial charge in [-0.1, -0.05) is 24.3 Å². The maximum absolute atomic E-state index is 4.41. The van der Waals surface area contributed by atoms with Crippen molar-refractivity contribution in [1.29, 1.82) is 0 Å². The molecule has 3 N–H and O–H groups in total. The minimum absolute atomic E-state index is 0.876. The molecule has 2 aromatic rings. The monoisotopic (exact) mass is 319 g/mol. The van der Waals surface area contributed by atoms with Crippen molar-refractivity contribution >= 4 is 36.6 Å². The molecule has 0 aliphatic heterocycles. The van der Waals surface area contributed by atoms with Crippen LogP contribution in [0.2, 0.25) is 0 Å². The highest BCUT2D eigenvalue weighted by molar-refractivity contribution is 7.80. The predicted octanol–water partition coefficient (Wildman–Crippen LogP) is 3.38. The Morgan fingerprint density at radius 1 is 0.619 bits per heavy atom. The Bertz CT molecular complexity index is 511. The summed E-state index contributed by atoms with van der Waals surface area (Å²) in [7, 11) is 0. The summed E-state index contributed by atoms with van der Waals surface area (Å²) in [4.78, 5) is 1.95. The number of benzene rings is 2. The smallest absolute Gasteiger partial charge is 0.0476 e. The van der Waals surface area contributed by atoms with Crippen LogP contribution in [0, 0.1) is 0 Å². The van der Waals surface area contributed by atoms with Gasteiger partial charge in [-0.2, -0.15) is 0 Å². The highest BCUT2D eigenvalue weighted by Crippen LogP contribution is 2.18. The van der Waals surface area contributed by atoms with Crippen molar-refractivity contribution in [2.24, 2.45) is 0 Å². The molecular formula is C16H21N3S2. The maximum atomic E-state index is 4.41. The number of para-hydroxylation sites is 2. The summed E-state index contributed by atoms with van der Waals surface area (Å²) in [5.74, 6) is 0. The van der Waals surface area contributed by atoms with Crippen LogP contribution >= 0.6 is 25.3 Å². The zero-order valence-electron chi connectivity index (χ0n) is 11.8. The van der Waals surface area contributed by atoms with Crippen LogP contribution in [-0.4, -0.2) is 26.2 Å². The number of nitrogens with one attached hydrogen (secondary N) is 3. The van der Waals surface area contributed by atoms with E-state index in [9.17, 15) is 0 Å². The van der Waals surface area contributed by atoms with Gasteiger partial charge in [-0.25, -0.2) is 0 Å². The number of hydrogen-bond donors (Lipinski definition) is 5. The van der Waals surface area contributed by atoms with Crippen LogP contribution in [0.3, 0.4) is 0 Å². The first-order valence-corrected chi connectivity index (χ1v) is 7.91. The lowest BCUT2D eigenvalue weighted by atomic mass is 10.3. The van der Waals surface area contributed by atoms with Crippen LogP contribution < -0.4 is 16.0 Å². The Labute approximate surface area is 137 Å². The Balaban J connectivity index is 1.57. The molecule has 0 aliphatic rings. The minimum atomic E-state index is 0.876. The number of anilines is 2. The Hall–Kier alpha value is -1.30. The molecule has 0 aromatic heterocycles. The van der Waals surface area contributed by atoms with E-state index in [0.717, 1.165) is 47.3 Å². The number of thiol groups is 2. The van der Waals surface area contributed by atoms with Crippen LogP contribution in [0.15, 0.2) is 58.3 Å². The fraction of sp³-hybridized carbons (Fsp3) is 0.250. The summed E-state index contributed by atoms with van der Waals surface area (Å²) in [5.41, 5.74) is 2.15. The molecule has 0 unspecified atom stereocenters. The largest absolute Gasteiger partial charge is 0.383 e. The molecule has 0 spiro atoms. The topological polar surface area (TPSA) is 36.1 Å². The molecular weight excluding hydrogens is 298 g/mol. The van der Waals surface area contributed by atoms with Gasteiger partial charge in [0.1, 0.15) is 0 Å². The Morgan fingerprint density at radius 2 is 1.05 bits per heavy atom. The lowest BCUT2D eigenvalue weighted by Gasteiger charge is -2.11. The van der Waals surface area contributed by atoms with Crippen molar-refractivity contribution in [1.82, 2.24) is 5.32 Å². The fourth-order valence-corrected chi connectivity index (χ4v) is 2.42. The molecule has 112 valence electrons. The zero-order valence-corrected chi connectivity index (χ0v) is 13.6. The van der Waals surface area contributed by atoms with Gasteiger partial charge in [-0.3, -0.25) is 0 Å². The van der Waals surface area contributed by atoms with Gasteiger partial charge in [0.15, 0.2) is 0 Å². The van der Waals surface area contributed by atoms with Gasteiger partial charge in [-0.05, 0) is 24.3 Å². The first-order chi connectivity index (χ1) is 10.3. The number of hydrogen-bond acceptors (Lipinski definition) is 5. The van der Waals surface area contributed by atoms with Gasteiger partial charge in [0.25, 0.3) is 0 Å². The molecule has 0 fully saturated rings. The molecule has 2 rings (SSSR count). The van der Waals surface area contributed by atoms with Crippen molar-refractivity contribution in [3.63, 3.8) is 0 Å².